The number of pyridine rings is 1. The highest BCUT2D eigenvalue weighted by Crippen LogP contribution is 2.31. The molecular weight excluding hydrogens is 428 g/mol. The van der Waals surface area contributed by atoms with E-state index in [1.807, 2.05) is 67.6 Å². The average Bonchev–Trinajstić information content (AvgIpc) is 3.21. The maximum absolute atomic E-state index is 13.1. The fourth-order valence-corrected chi connectivity index (χ4v) is 4.34. The number of benzene rings is 2. The van der Waals surface area contributed by atoms with Gasteiger partial charge < -0.3 is 9.73 Å². The number of carbonyl (C=O) groups is 2. The van der Waals surface area contributed by atoms with Gasteiger partial charge in [0.15, 0.2) is 5.76 Å². The van der Waals surface area contributed by atoms with Crippen LogP contribution >= 0.6 is 0 Å². The molecule has 170 valence electrons. The number of anilines is 1. The van der Waals surface area contributed by atoms with Crippen LogP contribution in [0, 0.1) is 6.92 Å². The van der Waals surface area contributed by atoms with E-state index in [1.54, 1.807) is 6.20 Å². The second kappa shape index (κ2) is 9.31. The van der Waals surface area contributed by atoms with Crippen LogP contribution in [0.15, 0.2) is 76.4 Å². The van der Waals surface area contributed by atoms with Gasteiger partial charge in [-0.3, -0.25) is 14.6 Å². The Labute approximate surface area is 196 Å². The smallest absolute Gasteiger partial charge is 0.291 e. The summed E-state index contributed by atoms with van der Waals surface area (Å²) in [6, 6.07) is 18.9. The molecule has 4 aromatic rings. The molecule has 0 aliphatic heterocycles. The van der Waals surface area contributed by atoms with Crippen molar-refractivity contribution in [3.8, 4) is 0 Å². The lowest BCUT2D eigenvalue weighted by Crippen LogP contribution is -2.23. The molecule has 0 bridgehead atoms. The van der Waals surface area contributed by atoms with Crippen LogP contribution < -0.4 is 10.7 Å². The number of nitrogens with one attached hydrogen (secondary N) is 2. The average molecular weight is 453 g/mol. The Bertz CT molecular complexity index is 1400. The number of fused-ring (bicyclic) bond motifs is 2. The number of aryl methyl sites for hydroxylation is 1. The minimum atomic E-state index is -0.323. The molecule has 2 aromatic carbocycles. The van der Waals surface area contributed by atoms with Crippen LogP contribution in [-0.4, -0.2) is 22.5 Å². The second-order valence-corrected chi connectivity index (χ2v) is 8.29. The highest BCUT2D eigenvalue weighted by molar-refractivity contribution is 6.11. The molecule has 0 saturated heterocycles. The van der Waals surface area contributed by atoms with Crippen LogP contribution in [0.1, 0.15) is 45.8 Å². The third kappa shape index (κ3) is 4.32. The van der Waals surface area contributed by atoms with E-state index in [9.17, 15) is 9.59 Å². The Morgan fingerprint density at radius 2 is 1.88 bits per heavy atom. The van der Waals surface area contributed by atoms with Gasteiger partial charge in [0.2, 0.25) is 5.91 Å². The van der Waals surface area contributed by atoms with E-state index in [0.717, 1.165) is 51.9 Å². The molecule has 5 rings (SSSR count). The number of furan rings is 1. The highest BCUT2D eigenvalue weighted by Gasteiger charge is 2.28. The molecule has 0 unspecified atom stereocenters. The Balaban J connectivity index is 1.37. The van der Waals surface area contributed by atoms with Crippen molar-refractivity contribution in [2.45, 2.75) is 32.6 Å². The van der Waals surface area contributed by atoms with Crippen molar-refractivity contribution in [1.29, 1.82) is 0 Å². The van der Waals surface area contributed by atoms with Crippen LogP contribution in [0.3, 0.4) is 0 Å². The van der Waals surface area contributed by atoms with Gasteiger partial charge in [-0.25, -0.2) is 5.43 Å². The maximum atomic E-state index is 13.1. The Hall–Kier alpha value is -4.26. The van der Waals surface area contributed by atoms with Gasteiger partial charge in [0.1, 0.15) is 5.76 Å². The summed E-state index contributed by atoms with van der Waals surface area (Å²) in [4.78, 5) is 29.8. The molecule has 0 spiro atoms. The first-order chi connectivity index (χ1) is 16.6. The van der Waals surface area contributed by atoms with Crippen LogP contribution in [-0.2, 0) is 17.6 Å². The molecule has 2 heterocycles. The monoisotopic (exact) mass is 452 g/mol. The summed E-state index contributed by atoms with van der Waals surface area (Å²) in [6.45, 7) is 1.86. The molecule has 34 heavy (non-hydrogen) atoms. The van der Waals surface area contributed by atoms with Crippen LogP contribution in [0.5, 0.6) is 0 Å². The van der Waals surface area contributed by atoms with Gasteiger partial charge >= 0.3 is 0 Å². The van der Waals surface area contributed by atoms with Crippen molar-refractivity contribution in [1.82, 2.24) is 10.4 Å². The van der Waals surface area contributed by atoms with E-state index in [4.69, 9.17) is 4.42 Å². The van der Waals surface area contributed by atoms with E-state index < -0.39 is 0 Å². The summed E-state index contributed by atoms with van der Waals surface area (Å²) in [5, 5.41) is 8.21. The lowest BCUT2D eigenvalue weighted by molar-refractivity contribution is -0.120. The number of hydrazone groups is 1. The number of carbonyl (C=O) groups excluding carboxylic acids is 2. The summed E-state index contributed by atoms with van der Waals surface area (Å²) in [5.41, 5.74) is 7.34. The zero-order valence-corrected chi connectivity index (χ0v) is 18.8. The van der Waals surface area contributed by atoms with Gasteiger partial charge in [-0.05, 0) is 49.6 Å². The standard InChI is InChI=1S/C27H24N4O3/c1-17-25-22(30-31-24(32)16-18-8-3-2-4-9-18)13-6-14-23(25)34-26(17)27(33)29-21-12-5-11-20-19(21)10-7-15-28-20/h2-5,7-12,15H,6,13-14,16H2,1H3,(H,29,33)(H,31,32)/b30-22+. The van der Waals surface area contributed by atoms with Gasteiger partial charge in [0.25, 0.3) is 5.91 Å². The third-order valence-electron chi connectivity index (χ3n) is 5.95. The number of nitrogens with zero attached hydrogens (tertiary/aromatic N) is 2. The van der Waals surface area contributed by atoms with Crippen LogP contribution in [0.4, 0.5) is 5.69 Å². The van der Waals surface area contributed by atoms with Crippen molar-refractivity contribution in [2.24, 2.45) is 5.10 Å². The highest BCUT2D eigenvalue weighted by atomic mass is 16.4. The van der Waals surface area contributed by atoms with E-state index >= 15 is 0 Å². The quantitative estimate of drug-likeness (QED) is 0.426. The first-order valence-electron chi connectivity index (χ1n) is 11.3. The molecule has 1 aliphatic rings. The normalized spacial score (nSPS) is 14.1. The summed E-state index contributed by atoms with van der Waals surface area (Å²) in [7, 11) is 0. The Morgan fingerprint density at radius 3 is 2.74 bits per heavy atom. The Kier molecular flexibility index (Phi) is 5.91. The number of hydrogen-bond donors (Lipinski definition) is 2. The number of aromatic nitrogens is 1. The fourth-order valence-electron chi connectivity index (χ4n) is 4.34. The van der Waals surface area contributed by atoms with E-state index in [-0.39, 0.29) is 24.0 Å². The van der Waals surface area contributed by atoms with Gasteiger partial charge in [-0.1, -0.05) is 36.4 Å². The molecule has 1 aliphatic carbocycles. The van der Waals surface area contributed by atoms with E-state index in [1.165, 1.54) is 0 Å². The first-order valence-corrected chi connectivity index (χ1v) is 11.3. The van der Waals surface area contributed by atoms with E-state index in [2.05, 4.69) is 20.8 Å². The SMILES string of the molecule is Cc1c(C(=O)Nc2cccc3ncccc23)oc2c1/C(=N/NC(=O)Cc1ccccc1)CCC2. The summed E-state index contributed by atoms with van der Waals surface area (Å²) in [6.07, 6.45) is 4.23. The topological polar surface area (TPSA) is 96.6 Å². The molecule has 0 radical (unpaired) electrons. The predicted molar refractivity (Wildman–Crippen MR) is 131 cm³/mol. The van der Waals surface area contributed by atoms with Crippen molar-refractivity contribution < 1.29 is 14.0 Å². The minimum Gasteiger partial charge on any atom is -0.455 e. The molecule has 2 amide bonds. The second-order valence-electron chi connectivity index (χ2n) is 8.29. The molecular formula is C27H24N4O3. The summed E-state index contributed by atoms with van der Waals surface area (Å²) < 4.78 is 5.99. The lowest BCUT2D eigenvalue weighted by Gasteiger charge is -2.13. The van der Waals surface area contributed by atoms with Gasteiger partial charge in [0, 0.05) is 29.1 Å². The molecule has 7 heteroatoms. The maximum Gasteiger partial charge on any atom is 0.291 e. The number of rotatable bonds is 5. The van der Waals surface area contributed by atoms with Gasteiger partial charge in [-0.2, -0.15) is 5.10 Å². The van der Waals surface area contributed by atoms with Crippen LogP contribution in [0.2, 0.25) is 0 Å². The predicted octanol–water partition coefficient (Wildman–Crippen LogP) is 4.79. The Morgan fingerprint density at radius 1 is 1.03 bits per heavy atom. The molecule has 7 nitrogen and oxygen atoms in total. The fraction of sp³-hybridized carbons (Fsp3) is 0.185. The van der Waals surface area contributed by atoms with Gasteiger partial charge in [0.05, 0.1) is 23.3 Å². The van der Waals surface area contributed by atoms with Crippen molar-refractivity contribution in [2.75, 3.05) is 5.32 Å². The third-order valence-corrected chi connectivity index (χ3v) is 5.95. The molecule has 2 N–H and O–H groups in total. The zero-order chi connectivity index (χ0) is 23.5. The molecule has 0 saturated carbocycles. The summed E-state index contributed by atoms with van der Waals surface area (Å²) in [5.74, 6) is 0.478. The largest absolute Gasteiger partial charge is 0.455 e. The van der Waals surface area contributed by atoms with Crippen molar-refractivity contribution in [3.63, 3.8) is 0 Å². The first kappa shape index (κ1) is 21.6. The number of amides is 2. The molecule has 0 atom stereocenters. The van der Waals surface area contributed by atoms with Gasteiger partial charge in [-0.15, -0.1) is 0 Å². The minimum absolute atomic E-state index is 0.186. The van der Waals surface area contributed by atoms with E-state index in [0.29, 0.717) is 12.1 Å². The van der Waals surface area contributed by atoms with Crippen molar-refractivity contribution >= 4 is 34.1 Å². The zero-order valence-electron chi connectivity index (χ0n) is 18.8. The summed E-state index contributed by atoms with van der Waals surface area (Å²) >= 11 is 0. The van der Waals surface area contributed by atoms with Crippen LogP contribution in [0.25, 0.3) is 10.9 Å². The van der Waals surface area contributed by atoms with Crippen molar-refractivity contribution in [3.05, 3.63) is 95.1 Å². The molecule has 0 fully saturated rings. The number of hydrogen-bond acceptors (Lipinski definition) is 5. The lowest BCUT2D eigenvalue weighted by atomic mass is 9.93. The molecule has 2 aromatic heterocycles.